The Labute approximate surface area is 95.5 Å². The van der Waals surface area contributed by atoms with Crippen molar-refractivity contribution >= 4 is 11.6 Å². The van der Waals surface area contributed by atoms with Gasteiger partial charge in [-0.3, -0.25) is 0 Å². The van der Waals surface area contributed by atoms with Gasteiger partial charge in [0.25, 0.3) is 0 Å². The highest BCUT2D eigenvalue weighted by atomic mass is 35.5. The van der Waals surface area contributed by atoms with E-state index in [0.29, 0.717) is 0 Å². The van der Waals surface area contributed by atoms with E-state index in [1.54, 1.807) is 0 Å². The smallest absolute Gasteiger partial charge is 0.0441 e. The van der Waals surface area contributed by atoms with E-state index in [2.05, 4.69) is 19.1 Å². The van der Waals surface area contributed by atoms with E-state index in [4.69, 9.17) is 11.6 Å². The standard InChI is InChI=1S/C14H12Cl/c1-11-7-8-14(15)13(9-11)10-12-5-3-2-4-6-12/h2-9H,1,10H2. The molecular weight excluding hydrogens is 204 g/mol. The molecule has 0 aliphatic heterocycles. The molecular formula is C14H12Cl. The fourth-order valence-corrected chi connectivity index (χ4v) is 1.76. The Hall–Kier alpha value is -1.27. The van der Waals surface area contributed by atoms with Crippen molar-refractivity contribution in [3.05, 3.63) is 77.2 Å². The molecule has 0 nitrogen and oxygen atoms in total. The molecule has 2 rings (SSSR count). The molecule has 0 saturated heterocycles. The van der Waals surface area contributed by atoms with Gasteiger partial charge in [-0.2, -0.15) is 0 Å². The summed E-state index contributed by atoms with van der Waals surface area (Å²) in [5, 5.41) is 0.811. The number of hydrogen-bond donors (Lipinski definition) is 0. The van der Waals surface area contributed by atoms with Crippen molar-refractivity contribution < 1.29 is 0 Å². The Morgan fingerprint density at radius 2 is 1.73 bits per heavy atom. The number of benzene rings is 2. The first-order valence-corrected chi connectivity index (χ1v) is 5.28. The molecule has 0 bridgehead atoms. The zero-order chi connectivity index (χ0) is 10.7. The lowest BCUT2D eigenvalue weighted by atomic mass is 10.0. The summed E-state index contributed by atoms with van der Waals surface area (Å²) in [6.07, 6.45) is 0.864. The van der Waals surface area contributed by atoms with Crippen molar-refractivity contribution in [2.45, 2.75) is 6.42 Å². The molecule has 2 aromatic rings. The summed E-state index contributed by atoms with van der Waals surface area (Å²) >= 11 is 6.12. The van der Waals surface area contributed by atoms with Crippen LogP contribution in [0, 0.1) is 6.92 Å². The maximum atomic E-state index is 6.12. The maximum Gasteiger partial charge on any atom is 0.0441 e. The fourth-order valence-electron chi connectivity index (χ4n) is 1.58. The lowest BCUT2D eigenvalue weighted by Crippen LogP contribution is -1.89. The van der Waals surface area contributed by atoms with E-state index < -0.39 is 0 Å². The van der Waals surface area contributed by atoms with Crippen LogP contribution in [-0.4, -0.2) is 0 Å². The molecule has 0 atom stereocenters. The van der Waals surface area contributed by atoms with Gasteiger partial charge in [-0.05, 0) is 36.1 Å². The van der Waals surface area contributed by atoms with Gasteiger partial charge in [0.15, 0.2) is 0 Å². The minimum Gasteiger partial charge on any atom is -0.0840 e. The van der Waals surface area contributed by atoms with Gasteiger partial charge < -0.3 is 0 Å². The fraction of sp³-hybridized carbons (Fsp3) is 0.0714. The van der Waals surface area contributed by atoms with E-state index >= 15 is 0 Å². The van der Waals surface area contributed by atoms with Gasteiger partial charge in [-0.1, -0.05) is 54.1 Å². The number of hydrogen-bond acceptors (Lipinski definition) is 0. The topological polar surface area (TPSA) is 0 Å². The first kappa shape index (κ1) is 10.3. The molecule has 1 heteroatoms. The predicted molar refractivity (Wildman–Crippen MR) is 65.2 cm³/mol. The lowest BCUT2D eigenvalue weighted by Gasteiger charge is -2.05. The molecule has 0 fully saturated rings. The molecule has 2 aromatic carbocycles. The summed E-state index contributed by atoms with van der Waals surface area (Å²) in [6.45, 7) is 3.91. The summed E-state index contributed by atoms with van der Waals surface area (Å²) in [4.78, 5) is 0. The first-order valence-electron chi connectivity index (χ1n) is 4.90. The van der Waals surface area contributed by atoms with Crippen molar-refractivity contribution in [1.29, 1.82) is 0 Å². The predicted octanol–water partition coefficient (Wildman–Crippen LogP) is 4.11. The summed E-state index contributed by atoms with van der Waals surface area (Å²) in [7, 11) is 0. The largest absolute Gasteiger partial charge is 0.0840 e. The van der Waals surface area contributed by atoms with E-state index in [9.17, 15) is 0 Å². The monoisotopic (exact) mass is 215 g/mol. The molecule has 0 amide bonds. The summed E-state index contributed by atoms with van der Waals surface area (Å²) in [6, 6.07) is 16.2. The van der Waals surface area contributed by atoms with Gasteiger partial charge in [-0.25, -0.2) is 0 Å². The third-order valence-corrected chi connectivity index (χ3v) is 2.72. The van der Waals surface area contributed by atoms with Crippen molar-refractivity contribution in [2.24, 2.45) is 0 Å². The highest BCUT2D eigenvalue weighted by Gasteiger charge is 2.01. The van der Waals surface area contributed by atoms with Crippen LogP contribution in [0.4, 0.5) is 0 Å². The minimum absolute atomic E-state index is 0.811. The molecule has 0 saturated carbocycles. The molecule has 1 radical (unpaired) electrons. The molecule has 0 unspecified atom stereocenters. The zero-order valence-electron chi connectivity index (χ0n) is 8.41. The van der Waals surface area contributed by atoms with Crippen LogP contribution in [0.1, 0.15) is 16.7 Å². The van der Waals surface area contributed by atoms with E-state index in [0.717, 1.165) is 22.6 Å². The van der Waals surface area contributed by atoms with Crippen LogP contribution in [-0.2, 0) is 6.42 Å². The van der Waals surface area contributed by atoms with Gasteiger partial charge >= 0.3 is 0 Å². The van der Waals surface area contributed by atoms with Gasteiger partial charge in [0.2, 0.25) is 0 Å². The Balaban J connectivity index is 2.28. The second-order valence-electron chi connectivity index (χ2n) is 3.59. The molecule has 0 heterocycles. The number of halogens is 1. The Kier molecular flexibility index (Phi) is 3.08. The van der Waals surface area contributed by atoms with Crippen LogP contribution in [0.2, 0.25) is 5.02 Å². The number of rotatable bonds is 2. The molecule has 75 valence electrons. The minimum atomic E-state index is 0.811. The Morgan fingerprint density at radius 1 is 1.00 bits per heavy atom. The van der Waals surface area contributed by atoms with Crippen LogP contribution in [0.3, 0.4) is 0 Å². The van der Waals surface area contributed by atoms with Crippen molar-refractivity contribution in [1.82, 2.24) is 0 Å². The second kappa shape index (κ2) is 4.50. The average molecular weight is 216 g/mol. The summed E-state index contributed by atoms with van der Waals surface area (Å²) in [5.74, 6) is 0. The SMILES string of the molecule is [CH2]c1ccc(Cl)c(Cc2ccccc2)c1. The van der Waals surface area contributed by atoms with Gasteiger partial charge in [-0.15, -0.1) is 0 Å². The summed E-state index contributed by atoms with van der Waals surface area (Å²) < 4.78 is 0. The molecule has 0 aliphatic rings. The molecule has 0 aliphatic carbocycles. The van der Waals surface area contributed by atoms with E-state index in [1.807, 2.05) is 36.4 Å². The van der Waals surface area contributed by atoms with E-state index in [1.165, 1.54) is 5.56 Å². The summed E-state index contributed by atoms with van der Waals surface area (Å²) in [5.41, 5.74) is 3.41. The van der Waals surface area contributed by atoms with E-state index in [-0.39, 0.29) is 0 Å². The lowest BCUT2D eigenvalue weighted by molar-refractivity contribution is 1.19. The Morgan fingerprint density at radius 3 is 2.47 bits per heavy atom. The average Bonchev–Trinajstić information content (AvgIpc) is 2.25. The van der Waals surface area contributed by atoms with Crippen LogP contribution in [0.15, 0.2) is 48.5 Å². The third-order valence-electron chi connectivity index (χ3n) is 2.35. The zero-order valence-corrected chi connectivity index (χ0v) is 9.17. The third kappa shape index (κ3) is 2.60. The highest BCUT2D eigenvalue weighted by Crippen LogP contribution is 2.20. The van der Waals surface area contributed by atoms with Gasteiger partial charge in [0.05, 0.1) is 0 Å². The second-order valence-corrected chi connectivity index (χ2v) is 4.00. The van der Waals surface area contributed by atoms with Crippen LogP contribution in [0.25, 0.3) is 0 Å². The Bertz CT molecular complexity index is 446. The molecule has 0 N–H and O–H groups in total. The van der Waals surface area contributed by atoms with Crippen molar-refractivity contribution in [3.63, 3.8) is 0 Å². The van der Waals surface area contributed by atoms with Crippen LogP contribution < -0.4 is 0 Å². The van der Waals surface area contributed by atoms with Crippen LogP contribution in [0.5, 0.6) is 0 Å². The maximum absolute atomic E-state index is 6.12. The molecule has 0 aromatic heterocycles. The highest BCUT2D eigenvalue weighted by molar-refractivity contribution is 6.31. The quantitative estimate of drug-likeness (QED) is 0.707. The van der Waals surface area contributed by atoms with Gasteiger partial charge in [0.1, 0.15) is 0 Å². The first-order chi connectivity index (χ1) is 7.25. The normalized spacial score (nSPS) is 10.3. The van der Waals surface area contributed by atoms with Gasteiger partial charge in [0, 0.05) is 5.02 Å². The van der Waals surface area contributed by atoms with Crippen molar-refractivity contribution in [3.8, 4) is 0 Å². The van der Waals surface area contributed by atoms with Crippen LogP contribution >= 0.6 is 11.6 Å². The molecule has 0 spiro atoms. The van der Waals surface area contributed by atoms with Crippen molar-refractivity contribution in [2.75, 3.05) is 0 Å². The molecule has 15 heavy (non-hydrogen) atoms.